The Bertz CT molecular complexity index is 523. The van der Waals surface area contributed by atoms with Crippen molar-refractivity contribution in [3.8, 4) is 0 Å². The predicted molar refractivity (Wildman–Crippen MR) is 76.7 cm³/mol. The van der Waals surface area contributed by atoms with Crippen molar-refractivity contribution in [1.82, 2.24) is 0 Å². The summed E-state index contributed by atoms with van der Waals surface area (Å²) in [6.07, 6.45) is 0. The molecule has 2 aromatic carbocycles. The lowest BCUT2D eigenvalue weighted by molar-refractivity contribution is 0.106. The van der Waals surface area contributed by atoms with Crippen molar-refractivity contribution >= 4 is 31.9 Å². The number of ether oxygens (including phenoxy) is 1. The Morgan fingerprint density at radius 1 is 1.00 bits per heavy atom. The second kappa shape index (κ2) is 6.45. The first-order chi connectivity index (χ1) is 8.65. The van der Waals surface area contributed by atoms with Crippen LogP contribution in [0.2, 0.25) is 0 Å². The molecule has 0 saturated heterocycles. The summed E-state index contributed by atoms with van der Waals surface area (Å²) >= 11 is 6.72. The van der Waals surface area contributed by atoms with Gasteiger partial charge in [-0.25, -0.2) is 4.39 Å². The first-order valence-corrected chi connectivity index (χ1v) is 7.00. The Kier molecular flexibility index (Phi) is 4.92. The van der Waals surface area contributed by atoms with Gasteiger partial charge in [0.25, 0.3) is 0 Å². The van der Waals surface area contributed by atoms with Gasteiger partial charge in [-0.3, -0.25) is 0 Å². The van der Waals surface area contributed by atoms with Crippen LogP contribution in [-0.2, 0) is 18.0 Å². The molecule has 0 bridgehead atoms. The molecule has 0 N–H and O–H groups in total. The fourth-order valence-electron chi connectivity index (χ4n) is 1.59. The zero-order chi connectivity index (χ0) is 13.0. The van der Waals surface area contributed by atoms with E-state index in [1.165, 1.54) is 12.1 Å². The highest BCUT2D eigenvalue weighted by atomic mass is 79.9. The molecule has 94 valence electrons. The number of rotatable bonds is 4. The van der Waals surface area contributed by atoms with Crippen LogP contribution in [0.25, 0.3) is 0 Å². The number of hydrogen-bond donors (Lipinski definition) is 0. The van der Waals surface area contributed by atoms with Gasteiger partial charge in [0, 0.05) is 8.95 Å². The average Bonchev–Trinajstić information content (AvgIpc) is 2.30. The van der Waals surface area contributed by atoms with Crippen LogP contribution < -0.4 is 0 Å². The zero-order valence-corrected chi connectivity index (χ0v) is 12.7. The smallest absolute Gasteiger partial charge is 0.124 e. The molecular formula is C14H11Br2FO. The molecule has 2 aromatic rings. The highest BCUT2D eigenvalue weighted by Crippen LogP contribution is 2.19. The monoisotopic (exact) mass is 372 g/mol. The van der Waals surface area contributed by atoms with E-state index in [0.717, 1.165) is 20.1 Å². The quantitative estimate of drug-likeness (QED) is 0.727. The molecular weight excluding hydrogens is 363 g/mol. The highest BCUT2D eigenvalue weighted by molar-refractivity contribution is 9.10. The van der Waals surface area contributed by atoms with E-state index in [2.05, 4.69) is 31.9 Å². The van der Waals surface area contributed by atoms with Crippen LogP contribution in [0.1, 0.15) is 11.1 Å². The molecule has 0 fully saturated rings. The van der Waals surface area contributed by atoms with E-state index in [-0.39, 0.29) is 5.82 Å². The van der Waals surface area contributed by atoms with Crippen molar-refractivity contribution in [3.05, 3.63) is 68.4 Å². The van der Waals surface area contributed by atoms with Crippen molar-refractivity contribution in [3.63, 3.8) is 0 Å². The van der Waals surface area contributed by atoms with Crippen molar-refractivity contribution in [1.29, 1.82) is 0 Å². The third-order valence-electron chi connectivity index (χ3n) is 2.41. The molecule has 0 amide bonds. The van der Waals surface area contributed by atoms with Crippen LogP contribution >= 0.6 is 31.9 Å². The second-order valence-electron chi connectivity index (χ2n) is 3.86. The van der Waals surface area contributed by atoms with E-state index >= 15 is 0 Å². The van der Waals surface area contributed by atoms with Gasteiger partial charge in [-0.2, -0.15) is 0 Å². The van der Waals surface area contributed by atoms with Crippen molar-refractivity contribution in [2.24, 2.45) is 0 Å². The Labute approximate surface area is 122 Å². The maximum absolute atomic E-state index is 13.1. The molecule has 0 unspecified atom stereocenters. The highest BCUT2D eigenvalue weighted by Gasteiger charge is 2.01. The first-order valence-electron chi connectivity index (χ1n) is 5.41. The van der Waals surface area contributed by atoms with E-state index in [9.17, 15) is 4.39 Å². The van der Waals surface area contributed by atoms with Crippen molar-refractivity contribution < 1.29 is 9.13 Å². The molecule has 0 aromatic heterocycles. The summed E-state index contributed by atoms with van der Waals surface area (Å²) in [6.45, 7) is 0.882. The molecule has 0 aliphatic carbocycles. The molecule has 0 radical (unpaired) electrons. The van der Waals surface area contributed by atoms with Gasteiger partial charge in [-0.1, -0.05) is 50.1 Å². The minimum Gasteiger partial charge on any atom is -0.372 e. The zero-order valence-electron chi connectivity index (χ0n) is 9.50. The Morgan fingerprint density at radius 3 is 2.50 bits per heavy atom. The molecule has 0 aliphatic rings. The van der Waals surface area contributed by atoms with Gasteiger partial charge in [0.15, 0.2) is 0 Å². The van der Waals surface area contributed by atoms with Crippen LogP contribution in [-0.4, -0.2) is 0 Å². The molecule has 0 aliphatic heterocycles. The van der Waals surface area contributed by atoms with Crippen molar-refractivity contribution in [2.45, 2.75) is 13.2 Å². The maximum atomic E-state index is 13.1. The average molecular weight is 374 g/mol. The summed E-state index contributed by atoms with van der Waals surface area (Å²) in [5.41, 5.74) is 1.89. The van der Waals surface area contributed by atoms with E-state index in [1.54, 1.807) is 0 Å². The fourth-order valence-corrected chi connectivity index (χ4v) is 2.50. The third kappa shape index (κ3) is 3.90. The second-order valence-corrected chi connectivity index (χ2v) is 5.63. The van der Waals surface area contributed by atoms with Gasteiger partial charge in [0.05, 0.1) is 13.2 Å². The summed E-state index contributed by atoms with van der Waals surface area (Å²) in [5.74, 6) is -0.260. The van der Waals surface area contributed by atoms with Crippen LogP contribution in [0.3, 0.4) is 0 Å². The standard InChI is InChI=1S/C14H11Br2FO/c15-12-5-10(6-13(17)7-12)8-18-9-11-3-1-2-4-14(11)16/h1-7H,8-9H2. The Morgan fingerprint density at radius 2 is 1.78 bits per heavy atom. The summed E-state index contributed by atoms with van der Waals surface area (Å²) < 4.78 is 20.5. The lowest BCUT2D eigenvalue weighted by Gasteiger charge is -2.07. The third-order valence-corrected chi connectivity index (χ3v) is 3.64. The molecule has 2 rings (SSSR count). The summed E-state index contributed by atoms with van der Waals surface area (Å²) in [6, 6.07) is 12.6. The van der Waals surface area contributed by atoms with E-state index < -0.39 is 0 Å². The molecule has 1 nitrogen and oxygen atoms in total. The topological polar surface area (TPSA) is 9.23 Å². The summed E-state index contributed by atoms with van der Waals surface area (Å²) in [5, 5.41) is 0. The van der Waals surface area contributed by atoms with E-state index in [0.29, 0.717) is 13.2 Å². The van der Waals surface area contributed by atoms with Gasteiger partial charge in [0.1, 0.15) is 5.82 Å². The number of halogens is 3. The summed E-state index contributed by atoms with van der Waals surface area (Å²) in [4.78, 5) is 0. The fraction of sp³-hybridized carbons (Fsp3) is 0.143. The molecule has 0 heterocycles. The van der Waals surface area contributed by atoms with Crippen LogP contribution in [0.5, 0.6) is 0 Å². The maximum Gasteiger partial charge on any atom is 0.124 e. The van der Waals surface area contributed by atoms with E-state index in [1.807, 2.05) is 30.3 Å². The van der Waals surface area contributed by atoms with Crippen molar-refractivity contribution in [2.75, 3.05) is 0 Å². The Balaban J connectivity index is 1.94. The SMILES string of the molecule is Fc1cc(Br)cc(COCc2ccccc2Br)c1. The van der Waals surface area contributed by atoms with Gasteiger partial charge in [-0.15, -0.1) is 0 Å². The molecule has 18 heavy (non-hydrogen) atoms. The number of hydrogen-bond acceptors (Lipinski definition) is 1. The van der Waals surface area contributed by atoms with Gasteiger partial charge < -0.3 is 4.74 Å². The Hall–Kier alpha value is -0.710. The van der Waals surface area contributed by atoms with Crippen LogP contribution in [0, 0.1) is 5.82 Å². The normalized spacial score (nSPS) is 10.6. The summed E-state index contributed by atoms with van der Waals surface area (Å²) in [7, 11) is 0. The number of benzene rings is 2. The lowest BCUT2D eigenvalue weighted by atomic mass is 10.2. The molecule has 0 spiro atoms. The van der Waals surface area contributed by atoms with Gasteiger partial charge in [0.2, 0.25) is 0 Å². The minimum absolute atomic E-state index is 0.260. The van der Waals surface area contributed by atoms with Crippen LogP contribution in [0.15, 0.2) is 51.4 Å². The van der Waals surface area contributed by atoms with Gasteiger partial charge >= 0.3 is 0 Å². The van der Waals surface area contributed by atoms with Crippen LogP contribution in [0.4, 0.5) is 4.39 Å². The minimum atomic E-state index is -0.260. The predicted octanol–water partition coefficient (Wildman–Crippen LogP) is 5.07. The van der Waals surface area contributed by atoms with E-state index in [4.69, 9.17) is 4.74 Å². The molecule has 0 atom stereocenters. The first kappa shape index (κ1) is 13.7. The molecule has 0 saturated carbocycles. The lowest BCUT2D eigenvalue weighted by Crippen LogP contribution is -1.95. The molecule has 4 heteroatoms. The van der Waals surface area contributed by atoms with Gasteiger partial charge in [-0.05, 0) is 35.4 Å². The largest absolute Gasteiger partial charge is 0.372 e.